The predicted octanol–water partition coefficient (Wildman–Crippen LogP) is 2.15. The van der Waals surface area contributed by atoms with Crippen LogP contribution < -0.4 is 10.5 Å². The molecule has 0 atom stereocenters. The van der Waals surface area contributed by atoms with Crippen LogP contribution in [-0.2, 0) is 0 Å². The highest BCUT2D eigenvalue weighted by Gasteiger charge is 2.28. The molecule has 7 heteroatoms. The second kappa shape index (κ2) is 4.08. The number of halogens is 3. The van der Waals surface area contributed by atoms with Crippen molar-refractivity contribution in [1.82, 2.24) is 9.97 Å². The number of nitrogen functional groups attached to an aromatic ring is 1. The summed E-state index contributed by atoms with van der Waals surface area (Å²) < 4.78 is 40.3. The molecule has 0 bridgehead atoms. The summed E-state index contributed by atoms with van der Waals surface area (Å²) in [6.07, 6.45) is -2.90. The summed E-state index contributed by atoms with van der Waals surface area (Å²) in [6.45, 7) is -1.38. The number of hydrogen-bond acceptors (Lipinski definition) is 4. The molecule has 0 spiro atoms. The van der Waals surface area contributed by atoms with Gasteiger partial charge in [-0.1, -0.05) is 0 Å². The minimum Gasteiger partial charge on any atom is -0.468 e. The summed E-state index contributed by atoms with van der Waals surface area (Å²) in [6, 6.07) is 4.34. The second-order valence-corrected chi connectivity index (χ2v) is 3.32. The average molecular weight is 243 g/mol. The molecule has 2 aromatic rings. The SMILES string of the molecule is Nc1ccnc2ccc(OCC(F)(F)F)nc12. The third kappa shape index (κ3) is 2.74. The van der Waals surface area contributed by atoms with Crippen LogP contribution in [-0.4, -0.2) is 22.8 Å². The minimum absolute atomic E-state index is 0.130. The van der Waals surface area contributed by atoms with Crippen LogP contribution in [0.25, 0.3) is 11.0 Å². The van der Waals surface area contributed by atoms with Crippen molar-refractivity contribution < 1.29 is 17.9 Å². The maximum atomic E-state index is 11.9. The zero-order chi connectivity index (χ0) is 12.5. The Morgan fingerprint density at radius 2 is 2.00 bits per heavy atom. The first kappa shape index (κ1) is 11.4. The van der Waals surface area contributed by atoms with Gasteiger partial charge in [0.15, 0.2) is 6.61 Å². The van der Waals surface area contributed by atoms with Gasteiger partial charge in [-0.05, 0) is 12.1 Å². The first-order valence-electron chi connectivity index (χ1n) is 4.66. The highest BCUT2D eigenvalue weighted by molar-refractivity contribution is 5.86. The van der Waals surface area contributed by atoms with E-state index in [0.717, 1.165) is 0 Å². The molecular formula is C10H8F3N3O. The van der Waals surface area contributed by atoms with Crippen LogP contribution in [0.15, 0.2) is 24.4 Å². The normalized spacial score (nSPS) is 11.7. The van der Waals surface area contributed by atoms with Crippen molar-refractivity contribution in [2.45, 2.75) is 6.18 Å². The van der Waals surface area contributed by atoms with E-state index in [9.17, 15) is 13.2 Å². The first-order chi connectivity index (χ1) is 7.96. The van der Waals surface area contributed by atoms with E-state index in [1.807, 2.05) is 0 Å². The van der Waals surface area contributed by atoms with E-state index in [-0.39, 0.29) is 5.88 Å². The zero-order valence-corrected chi connectivity index (χ0v) is 8.53. The van der Waals surface area contributed by atoms with Gasteiger partial charge in [0, 0.05) is 12.3 Å². The van der Waals surface area contributed by atoms with Crippen molar-refractivity contribution in [3.05, 3.63) is 24.4 Å². The van der Waals surface area contributed by atoms with E-state index in [4.69, 9.17) is 5.73 Å². The van der Waals surface area contributed by atoms with E-state index < -0.39 is 12.8 Å². The van der Waals surface area contributed by atoms with Crippen LogP contribution in [0, 0.1) is 0 Å². The molecule has 90 valence electrons. The Hall–Kier alpha value is -2.05. The Morgan fingerprint density at radius 1 is 1.24 bits per heavy atom. The molecule has 2 heterocycles. The number of nitrogens with zero attached hydrogens (tertiary/aromatic N) is 2. The largest absolute Gasteiger partial charge is 0.468 e. The number of pyridine rings is 2. The fourth-order valence-electron chi connectivity index (χ4n) is 1.26. The Labute approximate surface area is 94.2 Å². The lowest BCUT2D eigenvalue weighted by molar-refractivity contribution is -0.154. The molecule has 0 unspecified atom stereocenters. The summed E-state index contributed by atoms with van der Waals surface area (Å²) in [5, 5.41) is 0. The van der Waals surface area contributed by atoms with Gasteiger partial charge >= 0.3 is 6.18 Å². The summed E-state index contributed by atoms with van der Waals surface area (Å²) in [7, 11) is 0. The van der Waals surface area contributed by atoms with Crippen molar-refractivity contribution >= 4 is 16.7 Å². The van der Waals surface area contributed by atoms with E-state index in [0.29, 0.717) is 16.7 Å². The maximum absolute atomic E-state index is 11.9. The molecule has 17 heavy (non-hydrogen) atoms. The zero-order valence-electron chi connectivity index (χ0n) is 8.53. The second-order valence-electron chi connectivity index (χ2n) is 3.32. The van der Waals surface area contributed by atoms with Crippen molar-refractivity contribution in [1.29, 1.82) is 0 Å². The van der Waals surface area contributed by atoms with Gasteiger partial charge in [-0.3, -0.25) is 4.98 Å². The molecule has 0 aromatic carbocycles. The molecule has 0 fully saturated rings. The quantitative estimate of drug-likeness (QED) is 0.877. The van der Waals surface area contributed by atoms with Crippen LogP contribution in [0.5, 0.6) is 5.88 Å². The number of hydrogen-bond donors (Lipinski definition) is 1. The molecule has 0 aliphatic rings. The number of nitrogens with two attached hydrogens (primary N) is 1. The Kier molecular flexibility index (Phi) is 2.74. The van der Waals surface area contributed by atoms with Gasteiger partial charge in [0.25, 0.3) is 0 Å². The molecule has 2 rings (SSSR count). The molecule has 2 aromatic heterocycles. The number of aromatic nitrogens is 2. The summed E-state index contributed by atoms with van der Waals surface area (Å²) in [5.41, 5.74) is 6.80. The molecule has 0 radical (unpaired) electrons. The molecule has 0 aliphatic heterocycles. The number of anilines is 1. The Morgan fingerprint density at radius 3 is 2.71 bits per heavy atom. The van der Waals surface area contributed by atoms with Crippen LogP contribution in [0.2, 0.25) is 0 Å². The summed E-state index contributed by atoms with van der Waals surface area (Å²) in [4.78, 5) is 7.84. The lowest BCUT2D eigenvalue weighted by atomic mass is 10.3. The molecule has 0 saturated heterocycles. The molecule has 0 aliphatic carbocycles. The van der Waals surface area contributed by atoms with Crippen molar-refractivity contribution in [3.8, 4) is 5.88 Å². The van der Waals surface area contributed by atoms with Crippen LogP contribution in [0.3, 0.4) is 0 Å². The highest BCUT2D eigenvalue weighted by atomic mass is 19.4. The van der Waals surface area contributed by atoms with Crippen LogP contribution >= 0.6 is 0 Å². The predicted molar refractivity (Wildman–Crippen MR) is 55.5 cm³/mol. The number of rotatable bonds is 2. The fourth-order valence-corrected chi connectivity index (χ4v) is 1.26. The number of alkyl halides is 3. The Bertz CT molecular complexity index is 542. The lowest BCUT2D eigenvalue weighted by Gasteiger charge is -2.09. The van der Waals surface area contributed by atoms with Crippen molar-refractivity contribution in [2.75, 3.05) is 12.3 Å². The van der Waals surface area contributed by atoms with Gasteiger partial charge in [-0.15, -0.1) is 0 Å². The van der Waals surface area contributed by atoms with Crippen molar-refractivity contribution in [2.24, 2.45) is 0 Å². The fraction of sp³-hybridized carbons (Fsp3) is 0.200. The number of ether oxygens (including phenoxy) is 1. The highest BCUT2D eigenvalue weighted by Crippen LogP contribution is 2.21. The third-order valence-corrected chi connectivity index (χ3v) is 1.97. The summed E-state index contributed by atoms with van der Waals surface area (Å²) >= 11 is 0. The topological polar surface area (TPSA) is 61.0 Å². The van der Waals surface area contributed by atoms with E-state index in [2.05, 4.69) is 14.7 Å². The molecule has 0 saturated carbocycles. The van der Waals surface area contributed by atoms with Gasteiger partial charge in [0.2, 0.25) is 5.88 Å². The standard InChI is InChI=1S/C10H8F3N3O/c11-10(12,13)5-17-8-2-1-7-9(16-8)6(14)3-4-15-7/h1-4H,5H2,(H2,14,15). The van der Waals surface area contributed by atoms with Gasteiger partial charge in [0.1, 0.15) is 5.52 Å². The third-order valence-electron chi connectivity index (χ3n) is 1.97. The van der Waals surface area contributed by atoms with Gasteiger partial charge in [-0.25, -0.2) is 4.98 Å². The van der Waals surface area contributed by atoms with E-state index >= 15 is 0 Å². The monoisotopic (exact) mass is 243 g/mol. The average Bonchev–Trinajstić information content (AvgIpc) is 2.26. The molecular weight excluding hydrogens is 235 g/mol. The molecule has 2 N–H and O–H groups in total. The van der Waals surface area contributed by atoms with Gasteiger partial charge in [-0.2, -0.15) is 13.2 Å². The van der Waals surface area contributed by atoms with Crippen molar-refractivity contribution in [3.63, 3.8) is 0 Å². The maximum Gasteiger partial charge on any atom is 0.422 e. The van der Waals surface area contributed by atoms with E-state index in [1.165, 1.54) is 24.4 Å². The molecule has 0 amide bonds. The van der Waals surface area contributed by atoms with E-state index in [1.54, 1.807) is 0 Å². The van der Waals surface area contributed by atoms with Gasteiger partial charge < -0.3 is 10.5 Å². The minimum atomic E-state index is -4.39. The van der Waals surface area contributed by atoms with Crippen LogP contribution in [0.1, 0.15) is 0 Å². The van der Waals surface area contributed by atoms with Gasteiger partial charge in [0.05, 0.1) is 11.2 Å². The van der Waals surface area contributed by atoms with Crippen LogP contribution in [0.4, 0.5) is 18.9 Å². The first-order valence-corrected chi connectivity index (χ1v) is 4.66. The summed E-state index contributed by atoms with van der Waals surface area (Å²) in [5.74, 6) is -0.130. The molecule has 4 nitrogen and oxygen atoms in total. The lowest BCUT2D eigenvalue weighted by Crippen LogP contribution is -2.19. The Balaban J connectivity index is 2.28. The number of fused-ring (bicyclic) bond motifs is 1. The smallest absolute Gasteiger partial charge is 0.422 e.